The van der Waals surface area contributed by atoms with E-state index in [0.717, 1.165) is 11.1 Å². The van der Waals surface area contributed by atoms with Gasteiger partial charge in [0.15, 0.2) is 11.6 Å². The minimum absolute atomic E-state index is 0.000815. The van der Waals surface area contributed by atoms with Gasteiger partial charge in [-0.05, 0) is 41.2 Å². The van der Waals surface area contributed by atoms with Crippen LogP contribution < -0.4 is 4.74 Å². The molecule has 8 heteroatoms. The first-order valence-corrected chi connectivity index (χ1v) is 14.7. The highest BCUT2D eigenvalue weighted by Crippen LogP contribution is 2.54. The van der Waals surface area contributed by atoms with Crippen molar-refractivity contribution in [2.45, 2.75) is 59.3 Å². The van der Waals surface area contributed by atoms with Gasteiger partial charge in [-0.15, -0.1) is 0 Å². The third-order valence-corrected chi connectivity index (χ3v) is 8.68. The van der Waals surface area contributed by atoms with Gasteiger partial charge in [-0.2, -0.15) is 0 Å². The first-order valence-electron chi connectivity index (χ1n) is 14.7. The van der Waals surface area contributed by atoms with Gasteiger partial charge in [0.05, 0.1) is 31.9 Å². The molecule has 1 saturated heterocycles. The summed E-state index contributed by atoms with van der Waals surface area (Å²) in [4.78, 5) is 47.2. The van der Waals surface area contributed by atoms with Crippen LogP contribution >= 0.6 is 0 Å². The number of hydrogen-bond acceptors (Lipinski definition) is 7. The summed E-state index contributed by atoms with van der Waals surface area (Å²) in [7, 11) is 1.60. The van der Waals surface area contributed by atoms with Gasteiger partial charge < -0.3 is 19.1 Å². The Bertz CT molecular complexity index is 1490. The van der Waals surface area contributed by atoms with Gasteiger partial charge in [0.1, 0.15) is 23.0 Å². The molecule has 1 amide bonds. The number of carbonyl (C=O) groups is 3. The monoisotopic (exact) mass is 570 g/mol. The van der Waals surface area contributed by atoms with Crippen LogP contribution in [-0.2, 0) is 19.1 Å². The van der Waals surface area contributed by atoms with E-state index in [1.54, 1.807) is 18.1 Å². The SMILES string of the molecule is COc1ccc(-c2cccc(C(=O)N3CCOCC3)n2)cc1C1C2=C(CC(C)(C)CC2=O)OC2=C1C(=O)CC(C)(C)C2. The zero-order valence-corrected chi connectivity index (χ0v) is 25.0. The summed E-state index contributed by atoms with van der Waals surface area (Å²) in [6, 6.07) is 11.1. The lowest BCUT2D eigenvalue weighted by molar-refractivity contribution is -0.120. The summed E-state index contributed by atoms with van der Waals surface area (Å²) >= 11 is 0. The molecule has 3 heterocycles. The maximum atomic E-state index is 13.8. The van der Waals surface area contributed by atoms with Crippen molar-refractivity contribution in [3.63, 3.8) is 0 Å². The van der Waals surface area contributed by atoms with Crippen molar-refractivity contribution in [1.82, 2.24) is 9.88 Å². The normalized spacial score (nSPS) is 22.0. The lowest BCUT2D eigenvalue weighted by Crippen LogP contribution is -2.41. The fourth-order valence-electron chi connectivity index (χ4n) is 6.75. The number of ether oxygens (including phenoxy) is 3. The fraction of sp³-hybridized carbons (Fsp3) is 0.471. The van der Waals surface area contributed by atoms with Crippen molar-refractivity contribution in [3.05, 3.63) is 70.3 Å². The Labute approximate surface area is 246 Å². The van der Waals surface area contributed by atoms with Crippen LogP contribution in [0.4, 0.5) is 0 Å². The highest BCUT2D eigenvalue weighted by atomic mass is 16.5. The quantitative estimate of drug-likeness (QED) is 0.470. The predicted molar refractivity (Wildman–Crippen MR) is 157 cm³/mol. The number of pyridine rings is 1. The molecule has 0 N–H and O–H groups in total. The Morgan fingerprint density at radius 2 is 1.52 bits per heavy atom. The Morgan fingerprint density at radius 3 is 2.12 bits per heavy atom. The van der Waals surface area contributed by atoms with Crippen LogP contribution in [0, 0.1) is 10.8 Å². The molecule has 2 aromatic rings. The topological polar surface area (TPSA) is 95.0 Å². The number of ketones is 2. The van der Waals surface area contributed by atoms with Crippen molar-refractivity contribution in [1.29, 1.82) is 0 Å². The van der Waals surface area contributed by atoms with Crippen molar-refractivity contribution in [3.8, 4) is 17.0 Å². The Hall–Kier alpha value is -3.78. The van der Waals surface area contributed by atoms with E-state index in [-0.39, 0.29) is 28.3 Å². The maximum Gasteiger partial charge on any atom is 0.272 e. The molecular weight excluding hydrogens is 532 g/mol. The molecule has 8 nitrogen and oxygen atoms in total. The molecule has 0 unspecified atom stereocenters. The summed E-state index contributed by atoms with van der Waals surface area (Å²) < 4.78 is 17.7. The average Bonchev–Trinajstić information content (AvgIpc) is 2.94. The average molecular weight is 571 g/mol. The molecule has 1 aromatic heterocycles. The largest absolute Gasteiger partial charge is 0.496 e. The standard InChI is InChI=1S/C34H38N2O6/c1-33(2)16-24(37)30-27(18-33)42-28-19-34(3,4)17-25(38)31(28)29(30)21-15-20(9-10-26(21)40-5)22-7-6-8-23(35-22)32(39)36-11-13-41-14-12-36/h6-10,15,29H,11-14,16-19H2,1-5H3. The summed E-state index contributed by atoms with van der Waals surface area (Å²) in [5.41, 5.74) is 3.12. The van der Waals surface area contributed by atoms with Crippen LogP contribution in [0.1, 0.15) is 75.3 Å². The number of morpholine rings is 1. The molecule has 1 aromatic carbocycles. The first kappa shape index (κ1) is 28.3. The second kappa shape index (κ2) is 10.5. The lowest BCUT2D eigenvalue weighted by atomic mass is 9.65. The molecule has 6 rings (SSSR count). The summed E-state index contributed by atoms with van der Waals surface area (Å²) in [6.45, 7) is 10.4. The van der Waals surface area contributed by atoms with Gasteiger partial charge in [0, 0.05) is 61.0 Å². The van der Waals surface area contributed by atoms with Gasteiger partial charge in [0.2, 0.25) is 0 Å². The zero-order valence-electron chi connectivity index (χ0n) is 25.0. The van der Waals surface area contributed by atoms with E-state index < -0.39 is 5.92 Å². The number of benzene rings is 1. The molecule has 42 heavy (non-hydrogen) atoms. The molecule has 0 atom stereocenters. The van der Waals surface area contributed by atoms with Gasteiger partial charge in [-0.1, -0.05) is 33.8 Å². The first-order chi connectivity index (χ1) is 20.0. The molecule has 0 spiro atoms. The summed E-state index contributed by atoms with van der Waals surface area (Å²) in [5.74, 6) is 1.18. The second-order valence-electron chi connectivity index (χ2n) is 13.4. The second-order valence-corrected chi connectivity index (χ2v) is 13.4. The molecule has 220 valence electrons. The van der Waals surface area contributed by atoms with E-state index >= 15 is 0 Å². The van der Waals surface area contributed by atoms with Crippen LogP contribution in [-0.4, -0.2) is 60.8 Å². The van der Waals surface area contributed by atoms with Crippen LogP contribution in [0.3, 0.4) is 0 Å². The van der Waals surface area contributed by atoms with E-state index in [2.05, 4.69) is 27.7 Å². The summed E-state index contributed by atoms with van der Waals surface area (Å²) in [6.07, 6.45) is 1.99. The van der Waals surface area contributed by atoms with Crippen molar-refractivity contribution >= 4 is 17.5 Å². The number of rotatable bonds is 4. The Morgan fingerprint density at radius 1 is 0.905 bits per heavy atom. The molecule has 1 fully saturated rings. The van der Waals surface area contributed by atoms with E-state index in [1.165, 1.54) is 0 Å². The molecule has 4 aliphatic rings. The smallest absolute Gasteiger partial charge is 0.272 e. The van der Waals surface area contributed by atoms with Crippen LogP contribution in [0.25, 0.3) is 11.3 Å². The van der Waals surface area contributed by atoms with Crippen LogP contribution in [0.5, 0.6) is 5.75 Å². The van der Waals surface area contributed by atoms with Crippen molar-refractivity contribution in [2.75, 3.05) is 33.4 Å². The third kappa shape index (κ3) is 5.17. The number of carbonyl (C=O) groups excluding carboxylic acids is 3. The van der Waals surface area contributed by atoms with Crippen molar-refractivity contribution in [2.24, 2.45) is 10.8 Å². The van der Waals surface area contributed by atoms with Crippen LogP contribution in [0.2, 0.25) is 0 Å². The van der Waals surface area contributed by atoms with E-state index in [0.29, 0.717) is 91.8 Å². The molecule has 2 aliphatic heterocycles. The number of Topliss-reactive ketones (excluding diaryl/α,β-unsaturated/α-hetero) is 2. The number of amides is 1. The number of nitrogens with zero attached hydrogens (tertiary/aromatic N) is 2. The Kier molecular flexibility index (Phi) is 7.08. The highest BCUT2D eigenvalue weighted by Gasteiger charge is 2.48. The van der Waals surface area contributed by atoms with E-state index in [4.69, 9.17) is 19.2 Å². The molecular formula is C34H38N2O6. The van der Waals surface area contributed by atoms with Gasteiger partial charge in [0.25, 0.3) is 5.91 Å². The fourth-order valence-corrected chi connectivity index (χ4v) is 6.75. The Balaban J connectivity index is 1.47. The number of aromatic nitrogens is 1. The van der Waals surface area contributed by atoms with Gasteiger partial charge in [-0.25, -0.2) is 4.98 Å². The number of hydrogen-bond donors (Lipinski definition) is 0. The molecule has 0 bridgehead atoms. The maximum absolute atomic E-state index is 13.8. The minimum Gasteiger partial charge on any atom is -0.496 e. The van der Waals surface area contributed by atoms with Gasteiger partial charge in [-0.3, -0.25) is 14.4 Å². The van der Waals surface area contributed by atoms with E-state index in [9.17, 15) is 14.4 Å². The predicted octanol–water partition coefficient (Wildman–Crippen LogP) is 5.63. The zero-order chi connectivity index (χ0) is 29.8. The third-order valence-electron chi connectivity index (χ3n) is 8.68. The number of methoxy groups -OCH3 is 1. The van der Waals surface area contributed by atoms with Gasteiger partial charge >= 0.3 is 0 Å². The molecule has 0 saturated carbocycles. The lowest BCUT2D eigenvalue weighted by Gasteiger charge is -2.43. The minimum atomic E-state index is -0.594. The van der Waals surface area contributed by atoms with Crippen LogP contribution in [0.15, 0.2) is 59.1 Å². The number of allylic oxidation sites excluding steroid dienone is 4. The highest BCUT2D eigenvalue weighted by molar-refractivity contribution is 6.06. The van der Waals surface area contributed by atoms with E-state index in [1.807, 2.05) is 30.3 Å². The summed E-state index contributed by atoms with van der Waals surface area (Å²) in [5, 5.41) is 0. The molecule has 0 radical (unpaired) electrons. The molecule has 2 aliphatic carbocycles. The van der Waals surface area contributed by atoms with Crippen molar-refractivity contribution < 1.29 is 28.6 Å².